The molecule has 0 bridgehead atoms. The summed E-state index contributed by atoms with van der Waals surface area (Å²) in [6, 6.07) is 0. The molecular formula is C8H14O3S. The van der Waals surface area contributed by atoms with Crippen LogP contribution in [-0.4, -0.2) is 25.2 Å². The molecule has 0 saturated carbocycles. The number of Topliss-reactive ketones (excluding diaryl/α,β-unsaturated/α-hetero) is 1. The Morgan fingerprint density at radius 1 is 1.50 bits per heavy atom. The van der Waals surface area contributed by atoms with Crippen LogP contribution in [0.15, 0.2) is 0 Å². The summed E-state index contributed by atoms with van der Waals surface area (Å²) in [4.78, 5) is 10.7. The van der Waals surface area contributed by atoms with Gasteiger partial charge in [0, 0.05) is 6.42 Å². The second kappa shape index (κ2) is 3.17. The molecule has 0 N–H and O–H groups in total. The summed E-state index contributed by atoms with van der Waals surface area (Å²) in [6.45, 7) is 3.23. The van der Waals surface area contributed by atoms with Crippen LogP contribution in [0.3, 0.4) is 0 Å². The first-order chi connectivity index (χ1) is 5.42. The van der Waals surface area contributed by atoms with Crippen molar-refractivity contribution in [3.63, 3.8) is 0 Å². The zero-order valence-corrected chi connectivity index (χ0v) is 8.23. The van der Waals surface area contributed by atoms with Gasteiger partial charge >= 0.3 is 0 Å². The lowest BCUT2D eigenvalue weighted by Gasteiger charge is -2.02. The molecule has 1 rings (SSSR count). The van der Waals surface area contributed by atoms with Crippen LogP contribution in [0.5, 0.6) is 0 Å². The SMILES string of the molecule is CC(=O)CC1CC(C)S(=O)(=O)C1. The highest BCUT2D eigenvalue weighted by Crippen LogP contribution is 2.27. The predicted molar refractivity (Wildman–Crippen MR) is 46.7 cm³/mol. The fraction of sp³-hybridized carbons (Fsp3) is 0.875. The third kappa shape index (κ3) is 2.06. The first-order valence-corrected chi connectivity index (χ1v) is 5.84. The molecular weight excluding hydrogens is 176 g/mol. The Morgan fingerprint density at radius 3 is 2.42 bits per heavy atom. The minimum Gasteiger partial charge on any atom is -0.300 e. The fourth-order valence-corrected chi connectivity index (χ4v) is 3.53. The van der Waals surface area contributed by atoms with Crippen LogP contribution in [-0.2, 0) is 14.6 Å². The Bertz CT molecular complexity index is 279. The van der Waals surface area contributed by atoms with Crippen LogP contribution < -0.4 is 0 Å². The van der Waals surface area contributed by atoms with E-state index in [9.17, 15) is 13.2 Å². The summed E-state index contributed by atoms with van der Waals surface area (Å²) in [6.07, 6.45) is 1.07. The van der Waals surface area contributed by atoms with Crippen molar-refractivity contribution in [3.8, 4) is 0 Å². The van der Waals surface area contributed by atoms with Crippen molar-refractivity contribution in [2.24, 2.45) is 5.92 Å². The van der Waals surface area contributed by atoms with Gasteiger partial charge in [-0.1, -0.05) is 0 Å². The van der Waals surface area contributed by atoms with Crippen molar-refractivity contribution in [1.82, 2.24) is 0 Å². The van der Waals surface area contributed by atoms with Crippen LogP contribution in [0.25, 0.3) is 0 Å². The molecule has 1 aliphatic heterocycles. The normalized spacial score (nSPS) is 33.5. The third-order valence-electron chi connectivity index (χ3n) is 2.32. The lowest BCUT2D eigenvalue weighted by molar-refractivity contribution is -0.117. The van der Waals surface area contributed by atoms with Gasteiger partial charge in [0.25, 0.3) is 0 Å². The lowest BCUT2D eigenvalue weighted by Crippen LogP contribution is -2.11. The molecule has 0 aliphatic carbocycles. The molecule has 2 unspecified atom stereocenters. The largest absolute Gasteiger partial charge is 0.300 e. The summed E-state index contributed by atoms with van der Waals surface area (Å²) in [5.41, 5.74) is 0. The number of sulfone groups is 1. The van der Waals surface area contributed by atoms with Gasteiger partial charge in [0.2, 0.25) is 0 Å². The summed E-state index contributed by atoms with van der Waals surface area (Å²) in [5, 5.41) is -0.248. The average molecular weight is 190 g/mol. The van der Waals surface area contributed by atoms with E-state index in [4.69, 9.17) is 0 Å². The Kier molecular flexibility index (Phi) is 2.56. The molecule has 1 aliphatic rings. The molecule has 3 nitrogen and oxygen atoms in total. The van der Waals surface area contributed by atoms with Crippen molar-refractivity contribution in [3.05, 3.63) is 0 Å². The van der Waals surface area contributed by atoms with Crippen LogP contribution in [0, 0.1) is 5.92 Å². The van der Waals surface area contributed by atoms with Crippen molar-refractivity contribution < 1.29 is 13.2 Å². The van der Waals surface area contributed by atoms with E-state index in [1.165, 1.54) is 6.92 Å². The lowest BCUT2D eigenvalue weighted by atomic mass is 10.0. The van der Waals surface area contributed by atoms with E-state index < -0.39 is 9.84 Å². The molecule has 1 fully saturated rings. The summed E-state index contributed by atoms with van der Waals surface area (Å²) >= 11 is 0. The van der Waals surface area contributed by atoms with Crippen molar-refractivity contribution in [2.75, 3.05) is 5.75 Å². The molecule has 0 spiro atoms. The monoisotopic (exact) mass is 190 g/mol. The number of ketones is 1. The fourth-order valence-electron chi connectivity index (χ4n) is 1.73. The molecule has 1 heterocycles. The molecule has 4 heteroatoms. The summed E-state index contributed by atoms with van der Waals surface area (Å²) < 4.78 is 22.5. The van der Waals surface area contributed by atoms with Crippen molar-refractivity contribution in [1.29, 1.82) is 0 Å². The highest BCUT2D eigenvalue weighted by molar-refractivity contribution is 7.92. The van der Waals surface area contributed by atoms with Crippen LogP contribution in [0.2, 0.25) is 0 Å². The molecule has 70 valence electrons. The van der Waals surface area contributed by atoms with Gasteiger partial charge in [0.15, 0.2) is 9.84 Å². The second-order valence-corrected chi connectivity index (χ2v) is 6.11. The zero-order valence-electron chi connectivity index (χ0n) is 7.41. The van der Waals surface area contributed by atoms with E-state index in [0.717, 1.165) is 0 Å². The number of hydrogen-bond acceptors (Lipinski definition) is 3. The second-order valence-electron chi connectivity index (χ2n) is 3.65. The van der Waals surface area contributed by atoms with E-state index in [-0.39, 0.29) is 22.7 Å². The van der Waals surface area contributed by atoms with Gasteiger partial charge in [-0.05, 0) is 26.2 Å². The van der Waals surface area contributed by atoms with E-state index in [2.05, 4.69) is 0 Å². The van der Waals surface area contributed by atoms with Gasteiger partial charge in [0.05, 0.1) is 11.0 Å². The topological polar surface area (TPSA) is 51.2 Å². The summed E-state index contributed by atoms with van der Waals surface area (Å²) in [5.74, 6) is 0.361. The first kappa shape index (κ1) is 9.71. The van der Waals surface area contributed by atoms with Crippen molar-refractivity contribution in [2.45, 2.75) is 31.9 Å². The maximum absolute atomic E-state index is 11.2. The molecule has 0 aromatic rings. The minimum absolute atomic E-state index is 0.0718. The van der Waals surface area contributed by atoms with Gasteiger partial charge in [0.1, 0.15) is 5.78 Å². The standard InChI is InChI=1S/C8H14O3S/c1-6(9)3-8-4-7(2)12(10,11)5-8/h7-8H,3-5H2,1-2H3. The molecule has 2 atom stereocenters. The predicted octanol–water partition coefficient (Wildman–Crippen LogP) is 0.789. The minimum atomic E-state index is -2.87. The van der Waals surface area contributed by atoms with Gasteiger partial charge in [-0.25, -0.2) is 8.42 Å². The average Bonchev–Trinajstić information content (AvgIpc) is 2.04. The number of hydrogen-bond donors (Lipinski definition) is 0. The first-order valence-electron chi connectivity index (χ1n) is 4.13. The quantitative estimate of drug-likeness (QED) is 0.647. The van der Waals surface area contributed by atoms with Gasteiger partial charge < -0.3 is 4.79 Å². The third-order valence-corrected chi connectivity index (χ3v) is 4.68. The van der Waals surface area contributed by atoms with Gasteiger partial charge in [-0.3, -0.25) is 0 Å². The number of carbonyl (C=O) groups excluding carboxylic acids is 1. The van der Waals surface area contributed by atoms with E-state index >= 15 is 0 Å². The molecule has 0 aromatic heterocycles. The van der Waals surface area contributed by atoms with E-state index in [1.54, 1.807) is 6.92 Å². The van der Waals surface area contributed by atoms with Crippen LogP contribution in [0.1, 0.15) is 26.7 Å². The maximum atomic E-state index is 11.2. The molecule has 0 aromatic carbocycles. The Balaban J connectivity index is 2.61. The van der Waals surface area contributed by atoms with E-state index in [0.29, 0.717) is 12.8 Å². The Labute approximate surface area is 73.1 Å². The number of carbonyl (C=O) groups is 1. The molecule has 0 amide bonds. The molecule has 1 saturated heterocycles. The van der Waals surface area contributed by atoms with Gasteiger partial charge in [-0.15, -0.1) is 0 Å². The zero-order chi connectivity index (χ0) is 9.35. The Hall–Kier alpha value is -0.380. The van der Waals surface area contributed by atoms with E-state index in [1.807, 2.05) is 0 Å². The summed E-state index contributed by atoms with van der Waals surface area (Å²) in [7, 11) is -2.87. The Morgan fingerprint density at radius 2 is 2.08 bits per heavy atom. The van der Waals surface area contributed by atoms with Crippen molar-refractivity contribution >= 4 is 15.6 Å². The van der Waals surface area contributed by atoms with Crippen LogP contribution in [0.4, 0.5) is 0 Å². The van der Waals surface area contributed by atoms with Gasteiger partial charge in [-0.2, -0.15) is 0 Å². The smallest absolute Gasteiger partial charge is 0.153 e. The maximum Gasteiger partial charge on any atom is 0.153 e. The number of rotatable bonds is 2. The highest BCUT2D eigenvalue weighted by Gasteiger charge is 2.35. The highest BCUT2D eigenvalue weighted by atomic mass is 32.2. The van der Waals surface area contributed by atoms with Crippen LogP contribution >= 0.6 is 0 Å². The molecule has 12 heavy (non-hydrogen) atoms. The molecule has 0 radical (unpaired) electrons.